The standard InChI is InChI=1S/C6H4F3N2O/c1-12-5-2-4(6(7,8)9)10-3-11-5/h2H,1H3. The molecule has 0 aliphatic heterocycles. The summed E-state index contributed by atoms with van der Waals surface area (Å²) >= 11 is 0. The van der Waals surface area contributed by atoms with Crippen LogP contribution in [0.5, 0.6) is 5.88 Å². The lowest BCUT2D eigenvalue weighted by Crippen LogP contribution is -2.08. The molecular weight excluding hydrogens is 173 g/mol. The molecule has 1 aromatic rings. The number of halogens is 3. The van der Waals surface area contributed by atoms with Gasteiger partial charge in [-0.3, -0.25) is 0 Å². The van der Waals surface area contributed by atoms with Crippen LogP contribution in [-0.2, 0) is 6.18 Å². The van der Waals surface area contributed by atoms with Crippen LogP contribution in [0.4, 0.5) is 13.2 Å². The molecule has 0 fully saturated rings. The first kappa shape index (κ1) is 8.76. The van der Waals surface area contributed by atoms with Crippen molar-refractivity contribution in [1.82, 2.24) is 9.97 Å². The van der Waals surface area contributed by atoms with Crippen LogP contribution in [0.25, 0.3) is 0 Å². The number of ether oxygens (including phenoxy) is 1. The van der Waals surface area contributed by atoms with Crippen LogP contribution < -0.4 is 4.74 Å². The van der Waals surface area contributed by atoms with E-state index in [0.717, 1.165) is 0 Å². The molecule has 6 heteroatoms. The Hall–Kier alpha value is -1.33. The van der Waals surface area contributed by atoms with E-state index in [9.17, 15) is 13.2 Å². The highest BCUT2D eigenvalue weighted by Crippen LogP contribution is 2.28. The molecule has 12 heavy (non-hydrogen) atoms. The summed E-state index contributed by atoms with van der Waals surface area (Å²) in [7, 11) is 1.22. The molecule has 0 saturated heterocycles. The van der Waals surface area contributed by atoms with Crippen LogP contribution in [0.2, 0.25) is 0 Å². The summed E-state index contributed by atoms with van der Waals surface area (Å²) in [4.78, 5) is 6.23. The Balaban J connectivity index is 3.02. The maximum absolute atomic E-state index is 11.9. The minimum atomic E-state index is -4.48. The molecule has 0 aromatic carbocycles. The summed E-state index contributed by atoms with van der Waals surface area (Å²) in [5, 5.41) is 0. The molecule has 0 spiro atoms. The Morgan fingerprint density at radius 3 is 2.58 bits per heavy atom. The zero-order valence-electron chi connectivity index (χ0n) is 6.01. The first-order valence-corrected chi connectivity index (χ1v) is 2.90. The van der Waals surface area contributed by atoms with Crippen molar-refractivity contribution < 1.29 is 17.9 Å². The van der Waals surface area contributed by atoms with Crippen LogP contribution in [-0.4, -0.2) is 17.1 Å². The second-order valence-electron chi connectivity index (χ2n) is 1.89. The Morgan fingerprint density at radius 1 is 1.42 bits per heavy atom. The minimum absolute atomic E-state index is 0.155. The lowest BCUT2D eigenvalue weighted by Gasteiger charge is -2.04. The van der Waals surface area contributed by atoms with Crippen molar-refractivity contribution in [3.8, 4) is 5.88 Å². The lowest BCUT2D eigenvalue weighted by atomic mass is 10.4. The van der Waals surface area contributed by atoms with Gasteiger partial charge in [-0.05, 0) is 0 Å². The molecule has 0 aliphatic carbocycles. The van der Waals surface area contributed by atoms with E-state index in [4.69, 9.17) is 0 Å². The largest absolute Gasteiger partial charge is 0.481 e. The van der Waals surface area contributed by atoms with Crippen LogP contribution in [0.15, 0.2) is 6.07 Å². The van der Waals surface area contributed by atoms with Gasteiger partial charge in [0, 0.05) is 6.07 Å². The fraction of sp³-hybridized carbons (Fsp3) is 0.333. The van der Waals surface area contributed by atoms with Gasteiger partial charge in [-0.1, -0.05) is 0 Å². The average molecular weight is 177 g/mol. The summed E-state index contributed by atoms with van der Waals surface area (Å²) in [5.41, 5.74) is -1.06. The number of rotatable bonds is 1. The molecule has 0 saturated carbocycles. The van der Waals surface area contributed by atoms with Crippen LogP contribution in [0.1, 0.15) is 5.69 Å². The van der Waals surface area contributed by atoms with E-state index in [-0.39, 0.29) is 5.88 Å². The molecule has 0 N–H and O–H groups in total. The van der Waals surface area contributed by atoms with Gasteiger partial charge in [0.05, 0.1) is 7.11 Å². The Kier molecular flexibility index (Phi) is 2.16. The first-order chi connectivity index (χ1) is 5.54. The van der Waals surface area contributed by atoms with Gasteiger partial charge in [0.25, 0.3) is 0 Å². The van der Waals surface area contributed by atoms with Gasteiger partial charge in [-0.25, -0.2) is 4.98 Å². The van der Waals surface area contributed by atoms with E-state index >= 15 is 0 Å². The second-order valence-corrected chi connectivity index (χ2v) is 1.89. The summed E-state index contributed by atoms with van der Waals surface area (Å²) in [6, 6.07) is 0.705. The predicted molar refractivity (Wildman–Crippen MR) is 32.4 cm³/mol. The Bertz CT molecular complexity index is 274. The van der Waals surface area contributed by atoms with Crippen molar-refractivity contribution in [3.05, 3.63) is 18.1 Å². The van der Waals surface area contributed by atoms with Crippen LogP contribution in [0.3, 0.4) is 0 Å². The third kappa shape index (κ3) is 1.84. The van der Waals surface area contributed by atoms with Gasteiger partial charge in [0.1, 0.15) is 0 Å². The van der Waals surface area contributed by atoms with E-state index in [1.807, 2.05) is 6.33 Å². The van der Waals surface area contributed by atoms with E-state index in [1.54, 1.807) is 0 Å². The van der Waals surface area contributed by atoms with Gasteiger partial charge in [0.2, 0.25) is 12.2 Å². The molecule has 0 aliphatic rings. The van der Waals surface area contributed by atoms with Gasteiger partial charge in [0.15, 0.2) is 5.69 Å². The maximum atomic E-state index is 11.9. The fourth-order valence-electron chi connectivity index (χ4n) is 0.559. The SMILES string of the molecule is COc1cc(C(F)(F)F)n[c]n1. The van der Waals surface area contributed by atoms with Crippen LogP contribution >= 0.6 is 0 Å². The quantitative estimate of drug-likeness (QED) is 0.648. The zero-order chi connectivity index (χ0) is 9.19. The summed E-state index contributed by atoms with van der Waals surface area (Å²) in [6.45, 7) is 0. The first-order valence-electron chi connectivity index (χ1n) is 2.90. The monoisotopic (exact) mass is 177 g/mol. The molecule has 1 heterocycles. The number of hydrogen-bond donors (Lipinski definition) is 0. The third-order valence-corrected chi connectivity index (χ3v) is 1.09. The maximum Gasteiger partial charge on any atom is 0.433 e. The van der Waals surface area contributed by atoms with Gasteiger partial charge >= 0.3 is 6.18 Å². The molecule has 0 bridgehead atoms. The molecule has 0 atom stereocenters. The number of nitrogens with zero attached hydrogens (tertiary/aromatic N) is 2. The predicted octanol–water partition coefficient (Wildman–Crippen LogP) is 1.30. The van der Waals surface area contributed by atoms with Crippen LogP contribution in [0, 0.1) is 6.33 Å². The minimum Gasteiger partial charge on any atom is -0.481 e. The summed E-state index contributed by atoms with van der Waals surface area (Å²) < 4.78 is 40.3. The highest BCUT2D eigenvalue weighted by Gasteiger charge is 2.33. The van der Waals surface area contributed by atoms with Crippen molar-refractivity contribution >= 4 is 0 Å². The van der Waals surface area contributed by atoms with Gasteiger partial charge in [-0.2, -0.15) is 18.2 Å². The number of hydrogen-bond acceptors (Lipinski definition) is 3. The highest BCUT2D eigenvalue weighted by molar-refractivity contribution is 5.15. The van der Waals surface area contributed by atoms with Crippen molar-refractivity contribution in [2.24, 2.45) is 0 Å². The van der Waals surface area contributed by atoms with Crippen molar-refractivity contribution in [2.75, 3.05) is 7.11 Å². The molecule has 0 amide bonds. The van der Waals surface area contributed by atoms with Crippen molar-refractivity contribution in [2.45, 2.75) is 6.18 Å². The number of alkyl halides is 3. The van der Waals surface area contributed by atoms with E-state index in [0.29, 0.717) is 6.07 Å². The summed E-state index contributed by atoms with van der Waals surface area (Å²) in [6.07, 6.45) is -2.64. The molecule has 0 unspecified atom stereocenters. The molecule has 65 valence electrons. The normalized spacial score (nSPS) is 11.3. The zero-order valence-corrected chi connectivity index (χ0v) is 6.01. The molecule has 1 radical (unpaired) electrons. The number of methoxy groups -OCH3 is 1. The van der Waals surface area contributed by atoms with Gasteiger partial charge in [-0.15, -0.1) is 0 Å². The topological polar surface area (TPSA) is 35.0 Å². The fourth-order valence-corrected chi connectivity index (χ4v) is 0.559. The second kappa shape index (κ2) is 2.96. The number of aromatic nitrogens is 2. The van der Waals surface area contributed by atoms with E-state index < -0.39 is 11.9 Å². The Labute approximate surface area is 66.2 Å². The highest BCUT2D eigenvalue weighted by atomic mass is 19.4. The molecule has 1 aromatic heterocycles. The lowest BCUT2D eigenvalue weighted by molar-refractivity contribution is -0.141. The third-order valence-electron chi connectivity index (χ3n) is 1.09. The Morgan fingerprint density at radius 2 is 2.08 bits per heavy atom. The van der Waals surface area contributed by atoms with Crippen molar-refractivity contribution in [3.63, 3.8) is 0 Å². The average Bonchev–Trinajstić information content (AvgIpc) is 2.03. The van der Waals surface area contributed by atoms with E-state index in [2.05, 4.69) is 14.7 Å². The molecule has 3 nitrogen and oxygen atoms in total. The smallest absolute Gasteiger partial charge is 0.433 e. The summed E-state index contributed by atoms with van der Waals surface area (Å²) in [5.74, 6) is -0.155. The van der Waals surface area contributed by atoms with Crippen molar-refractivity contribution in [1.29, 1.82) is 0 Å². The molecular formula is C6H4F3N2O. The van der Waals surface area contributed by atoms with Gasteiger partial charge < -0.3 is 4.74 Å². The van der Waals surface area contributed by atoms with E-state index in [1.165, 1.54) is 7.11 Å². The molecule has 1 rings (SSSR count).